The highest BCUT2D eigenvalue weighted by Gasteiger charge is 2.12. The minimum absolute atomic E-state index is 0.677. The van der Waals surface area contributed by atoms with E-state index in [0.29, 0.717) is 13.2 Å². The van der Waals surface area contributed by atoms with Crippen LogP contribution in [0.5, 0.6) is 0 Å². The standard InChI is InChI=1S/C15H20BrN3O/c1-20-11-10-19(9-3-7-17)15-13-4-2-5-14(16)12(13)6-8-18-15/h2,4-6,8H,3,7,9-11,17H2,1H3. The number of aromatic nitrogens is 1. The maximum Gasteiger partial charge on any atom is 0.136 e. The molecule has 0 saturated carbocycles. The van der Waals surface area contributed by atoms with Crippen LogP contribution in [0.3, 0.4) is 0 Å². The van der Waals surface area contributed by atoms with E-state index in [1.165, 1.54) is 5.39 Å². The number of benzene rings is 1. The zero-order chi connectivity index (χ0) is 14.4. The van der Waals surface area contributed by atoms with Gasteiger partial charge in [0.05, 0.1) is 6.61 Å². The molecule has 1 aromatic carbocycles. The van der Waals surface area contributed by atoms with Gasteiger partial charge in [-0.1, -0.05) is 28.1 Å². The summed E-state index contributed by atoms with van der Waals surface area (Å²) in [6.45, 7) is 3.06. The third-order valence-corrected chi connectivity index (χ3v) is 3.92. The van der Waals surface area contributed by atoms with Crippen molar-refractivity contribution >= 4 is 32.5 Å². The van der Waals surface area contributed by atoms with E-state index in [2.05, 4.69) is 31.9 Å². The molecule has 0 atom stereocenters. The molecule has 0 aliphatic rings. The van der Waals surface area contributed by atoms with Crippen LogP contribution in [0.4, 0.5) is 5.82 Å². The van der Waals surface area contributed by atoms with Gasteiger partial charge in [-0.15, -0.1) is 0 Å². The number of nitrogens with two attached hydrogens (primary N) is 1. The number of fused-ring (bicyclic) bond motifs is 1. The van der Waals surface area contributed by atoms with Crippen LogP contribution in [0.15, 0.2) is 34.9 Å². The lowest BCUT2D eigenvalue weighted by Gasteiger charge is -2.24. The van der Waals surface area contributed by atoms with Crippen LogP contribution in [0.2, 0.25) is 0 Å². The van der Waals surface area contributed by atoms with Gasteiger partial charge in [0.2, 0.25) is 0 Å². The first-order chi connectivity index (χ1) is 9.77. The maximum atomic E-state index is 5.63. The van der Waals surface area contributed by atoms with Gasteiger partial charge in [0.1, 0.15) is 5.82 Å². The smallest absolute Gasteiger partial charge is 0.136 e. The lowest BCUT2D eigenvalue weighted by molar-refractivity contribution is 0.205. The van der Waals surface area contributed by atoms with E-state index in [1.54, 1.807) is 7.11 Å². The van der Waals surface area contributed by atoms with Gasteiger partial charge < -0.3 is 15.4 Å². The molecule has 0 saturated heterocycles. The van der Waals surface area contributed by atoms with Crippen LogP contribution in [0.25, 0.3) is 10.8 Å². The van der Waals surface area contributed by atoms with E-state index in [9.17, 15) is 0 Å². The van der Waals surface area contributed by atoms with Crippen molar-refractivity contribution in [2.75, 3.05) is 38.3 Å². The summed E-state index contributed by atoms with van der Waals surface area (Å²) in [5, 5.41) is 2.32. The van der Waals surface area contributed by atoms with E-state index in [1.807, 2.05) is 24.4 Å². The van der Waals surface area contributed by atoms with E-state index < -0.39 is 0 Å². The van der Waals surface area contributed by atoms with E-state index in [-0.39, 0.29) is 0 Å². The molecule has 1 heterocycles. The number of methoxy groups -OCH3 is 1. The molecule has 0 amide bonds. The van der Waals surface area contributed by atoms with Crippen molar-refractivity contribution in [2.45, 2.75) is 6.42 Å². The zero-order valence-electron chi connectivity index (χ0n) is 11.7. The Morgan fingerprint density at radius 3 is 2.85 bits per heavy atom. The van der Waals surface area contributed by atoms with Crippen LogP contribution in [-0.4, -0.2) is 38.3 Å². The summed E-state index contributed by atoms with van der Waals surface area (Å²) < 4.78 is 6.29. The van der Waals surface area contributed by atoms with Crippen molar-refractivity contribution in [3.8, 4) is 0 Å². The van der Waals surface area contributed by atoms with Crippen LogP contribution >= 0.6 is 15.9 Å². The number of anilines is 1. The monoisotopic (exact) mass is 337 g/mol. The van der Waals surface area contributed by atoms with E-state index in [0.717, 1.165) is 35.2 Å². The normalized spacial score (nSPS) is 10.9. The van der Waals surface area contributed by atoms with Gasteiger partial charge in [-0.05, 0) is 25.1 Å². The molecule has 0 aliphatic carbocycles. The Morgan fingerprint density at radius 1 is 1.25 bits per heavy atom. The lowest BCUT2D eigenvalue weighted by atomic mass is 10.1. The lowest BCUT2D eigenvalue weighted by Crippen LogP contribution is -2.30. The van der Waals surface area contributed by atoms with Crippen molar-refractivity contribution in [3.05, 3.63) is 34.9 Å². The second kappa shape index (κ2) is 7.57. The van der Waals surface area contributed by atoms with Gasteiger partial charge in [-0.3, -0.25) is 0 Å². The average molecular weight is 338 g/mol. The fourth-order valence-electron chi connectivity index (χ4n) is 2.21. The fourth-order valence-corrected chi connectivity index (χ4v) is 2.71. The molecule has 2 N–H and O–H groups in total. The quantitative estimate of drug-likeness (QED) is 0.843. The van der Waals surface area contributed by atoms with Crippen molar-refractivity contribution in [2.24, 2.45) is 5.73 Å². The van der Waals surface area contributed by atoms with Crippen molar-refractivity contribution in [1.29, 1.82) is 0 Å². The van der Waals surface area contributed by atoms with Crippen molar-refractivity contribution in [3.63, 3.8) is 0 Å². The molecule has 0 aliphatic heterocycles. The number of pyridine rings is 1. The van der Waals surface area contributed by atoms with Crippen molar-refractivity contribution < 1.29 is 4.74 Å². The van der Waals surface area contributed by atoms with E-state index >= 15 is 0 Å². The number of halogens is 1. The Labute approximate surface area is 128 Å². The Balaban J connectivity index is 2.38. The highest BCUT2D eigenvalue weighted by Crippen LogP contribution is 2.29. The molecule has 1 aromatic heterocycles. The predicted octanol–water partition coefficient (Wildman–Crippen LogP) is 2.80. The molecule has 20 heavy (non-hydrogen) atoms. The Hall–Kier alpha value is -1.17. The molecule has 0 radical (unpaired) electrons. The van der Waals surface area contributed by atoms with Gasteiger partial charge in [-0.2, -0.15) is 0 Å². The average Bonchev–Trinajstić information content (AvgIpc) is 2.48. The second-order valence-corrected chi connectivity index (χ2v) is 5.45. The molecule has 4 nitrogen and oxygen atoms in total. The second-order valence-electron chi connectivity index (χ2n) is 4.59. The van der Waals surface area contributed by atoms with Crippen LogP contribution in [-0.2, 0) is 4.74 Å². The number of hydrogen-bond acceptors (Lipinski definition) is 4. The predicted molar refractivity (Wildman–Crippen MR) is 87.2 cm³/mol. The first-order valence-corrected chi connectivity index (χ1v) is 7.54. The highest BCUT2D eigenvalue weighted by atomic mass is 79.9. The topological polar surface area (TPSA) is 51.4 Å². The molecular weight excluding hydrogens is 318 g/mol. The number of nitrogens with zero attached hydrogens (tertiary/aromatic N) is 2. The van der Waals surface area contributed by atoms with Crippen LogP contribution < -0.4 is 10.6 Å². The van der Waals surface area contributed by atoms with Gasteiger partial charge in [0.15, 0.2) is 0 Å². The molecule has 108 valence electrons. The summed E-state index contributed by atoms with van der Waals surface area (Å²) >= 11 is 3.59. The summed E-state index contributed by atoms with van der Waals surface area (Å²) in [7, 11) is 1.72. The molecule has 5 heteroatoms. The van der Waals surface area contributed by atoms with Gasteiger partial charge in [-0.25, -0.2) is 4.98 Å². The molecule has 2 aromatic rings. The Bertz CT molecular complexity index is 554. The first-order valence-electron chi connectivity index (χ1n) is 6.75. The zero-order valence-corrected chi connectivity index (χ0v) is 13.3. The first kappa shape index (κ1) is 15.2. The molecular formula is C15H20BrN3O. The SMILES string of the molecule is COCCN(CCCN)c1nccc2c(Br)cccc12. The highest BCUT2D eigenvalue weighted by molar-refractivity contribution is 9.10. The summed E-state index contributed by atoms with van der Waals surface area (Å²) in [6.07, 6.45) is 2.79. The van der Waals surface area contributed by atoms with Crippen LogP contribution in [0.1, 0.15) is 6.42 Å². The number of hydrogen-bond donors (Lipinski definition) is 1. The maximum absolute atomic E-state index is 5.63. The number of rotatable bonds is 7. The largest absolute Gasteiger partial charge is 0.383 e. The Kier molecular flexibility index (Phi) is 5.76. The van der Waals surface area contributed by atoms with Gasteiger partial charge >= 0.3 is 0 Å². The molecule has 0 unspecified atom stereocenters. The third-order valence-electron chi connectivity index (χ3n) is 3.23. The molecule has 0 fully saturated rings. The Morgan fingerprint density at radius 2 is 2.10 bits per heavy atom. The van der Waals surface area contributed by atoms with Crippen molar-refractivity contribution in [1.82, 2.24) is 4.98 Å². The summed E-state index contributed by atoms with van der Waals surface area (Å²) in [5.74, 6) is 0.995. The van der Waals surface area contributed by atoms with Gasteiger partial charge in [0.25, 0.3) is 0 Å². The van der Waals surface area contributed by atoms with Gasteiger partial charge in [0, 0.05) is 41.6 Å². The minimum atomic E-state index is 0.677. The number of ether oxygens (including phenoxy) is 1. The molecule has 0 spiro atoms. The fraction of sp³-hybridized carbons (Fsp3) is 0.400. The summed E-state index contributed by atoms with van der Waals surface area (Å²) in [5.41, 5.74) is 5.63. The molecule has 0 bridgehead atoms. The summed E-state index contributed by atoms with van der Waals surface area (Å²) in [4.78, 5) is 6.80. The minimum Gasteiger partial charge on any atom is -0.383 e. The molecule has 2 rings (SSSR count). The third kappa shape index (κ3) is 3.48. The van der Waals surface area contributed by atoms with E-state index in [4.69, 9.17) is 10.5 Å². The summed E-state index contributed by atoms with van der Waals surface area (Å²) in [6, 6.07) is 8.21. The van der Waals surface area contributed by atoms with Crippen LogP contribution in [0, 0.1) is 0 Å².